The molecule has 3 fully saturated rings. The normalized spacial score (nSPS) is 52.0. The number of carbonyl (C=O) groups is 2. The van der Waals surface area contributed by atoms with Crippen LogP contribution in [0.2, 0.25) is 0 Å². The summed E-state index contributed by atoms with van der Waals surface area (Å²) in [5.41, 5.74) is 1.66. The van der Waals surface area contributed by atoms with Crippen LogP contribution in [0.1, 0.15) is 79.6 Å². The molecule has 4 aliphatic rings. The first-order valence-electron chi connectivity index (χ1n) is 10.4. The molecule has 0 bridgehead atoms. The van der Waals surface area contributed by atoms with E-state index in [-0.39, 0.29) is 16.2 Å². The second-order valence-electron chi connectivity index (χ2n) is 10.3. The fraction of sp³-hybridized carbons (Fsp3) is 0.826. The van der Waals surface area contributed by atoms with Crippen molar-refractivity contribution in [3.8, 4) is 0 Å². The number of rotatable bonds is 1. The zero-order chi connectivity index (χ0) is 18.2. The summed E-state index contributed by atoms with van der Waals surface area (Å²) in [5.74, 6) is 3.33. The van der Waals surface area contributed by atoms with E-state index in [2.05, 4.69) is 27.7 Å². The fourth-order valence-corrected chi connectivity index (χ4v) is 7.89. The summed E-state index contributed by atoms with van der Waals surface area (Å²) in [6.45, 7) is 11.3. The van der Waals surface area contributed by atoms with Crippen LogP contribution in [0.15, 0.2) is 11.6 Å². The number of allylic oxidation sites excluding steroid dienone is 1. The number of Topliss-reactive ketones (excluding diaryl/α,β-unsaturated/α-hetero) is 1. The lowest BCUT2D eigenvalue weighted by Gasteiger charge is -2.59. The predicted octanol–water partition coefficient (Wildman–Crippen LogP) is 5.36. The SMILES string of the molecule is CC(=O)[C@]1(C)[C@@H](C)C[C@@H]2[C@H]3CCC4=CC(=O)CC[C@@]4(C)[C@H]3CC[C@]21C. The Labute approximate surface area is 152 Å². The smallest absolute Gasteiger partial charge is 0.155 e. The summed E-state index contributed by atoms with van der Waals surface area (Å²) >= 11 is 0. The number of hydrogen-bond acceptors (Lipinski definition) is 2. The van der Waals surface area contributed by atoms with Crippen molar-refractivity contribution in [1.82, 2.24) is 0 Å². The average Bonchev–Trinajstić information content (AvgIpc) is 2.77. The van der Waals surface area contributed by atoms with Gasteiger partial charge in [-0.25, -0.2) is 0 Å². The highest BCUT2D eigenvalue weighted by molar-refractivity contribution is 5.91. The molecule has 138 valence electrons. The summed E-state index contributed by atoms with van der Waals surface area (Å²) in [5, 5.41) is 0. The number of ketones is 2. The molecule has 0 spiro atoms. The molecule has 0 N–H and O–H groups in total. The van der Waals surface area contributed by atoms with Gasteiger partial charge in [-0.3, -0.25) is 9.59 Å². The van der Waals surface area contributed by atoms with Gasteiger partial charge < -0.3 is 0 Å². The minimum Gasteiger partial charge on any atom is -0.299 e. The molecule has 0 unspecified atom stereocenters. The third-order valence-electron chi connectivity index (χ3n) is 9.86. The lowest BCUT2D eigenvalue weighted by molar-refractivity contribution is -0.141. The fourth-order valence-electron chi connectivity index (χ4n) is 7.89. The second-order valence-corrected chi connectivity index (χ2v) is 10.3. The van der Waals surface area contributed by atoms with Gasteiger partial charge in [0.2, 0.25) is 0 Å². The highest BCUT2D eigenvalue weighted by Gasteiger charge is 2.66. The van der Waals surface area contributed by atoms with Gasteiger partial charge in [0.1, 0.15) is 5.78 Å². The highest BCUT2D eigenvalue weighted by atomic mass is 16.1. The van der Waals surface area contributed by atoms with E-state index < -0.39 is 0 Å². The van der Waals surface area contributed by atoms with Gasteiger partial charge in [0, 0.05) is 11.8 Å². The van der Waals surface area contributed by atoms with Crippen LogP contribution in [-0.2, 0) is 9.59 Å². The molecule has 3 saturated carbocycles. The standard InChI is InChI=1S/C23H34O2/c1-14-12-20-18-7-6-16-13-17(25)8-10-21(16,3)19(18)9-11-22(20,4)23(14,5)15(2)24/h13-14,18-20H,6-12H2,1-5H3/t14-,18-,19-,20+,21+,22+,23-/m0/s1. The molecular formula is C23H34O2. The monoisotopic (exact) mass is 342 g/mol. The molecule has 0 amide bonds. The van der Waals surface area contributed by atoms with E-state index in [9.17, 15) is 9.59 Å². The van der Waals surface area contributed by atoms with Gasteiger partial charge in [0.15, 0.2) is 5.78 Å². The largest absolute Gasteiger partial charge is 0.299 e. The third-order valence-corrected chi connectivity index (χ3v) is 9.86. The van der Waals surface area contributed by atoms with Crippen molar-refractivity contribution in [2.45, 2.75) is 79.6 Å². The molecule has 0 aromatic rings. The van der Waals surface area contributed by atoms with Crippen LogP contribution >= 0.6 is 0 Å². The first-order valence-corrected chi connectivity index (χ1v) is 10.4. The Bertz CT molecular complexity index is 661. The zero-order valence-electron chi connectivity index (χ0n) is 16.7. The quantitative estimate of drug-likeness (QED) is 0.643. The van der Waals surface area contributed by atoms with Crippen molar-refractivity contribution in [2.24, 2.45) is 39.9 Å². The van der Waals surface area contributed by atoms with E-state index in [1.165, 1.54) is 31.3 Å². The van der Waals surface area contributed by atoms with Gasteiger partial charge in [-0.1, -0.05) is 33.3 Å². The molecule has 7 atom stereocenters. The highest BCUT2D eigenvalue weighted by Crippen LogP contribution is 2.71. The van der Waals surface area contributed by atoms with Gasteiger partial charge in [-0.2, -0.15) is 0 Å². The second kappa shape index (κ2) is 5.30. The van der Waals surface area contributed by atoms with Gasteiger partial charge in [-0.15, -0.1) is 0 Å². The van der Waals surface area contributed by atoms with Crippen LogP contribution in [0.5, 0.6) is 0 Å². The number of fused-ring (bicyclic) bond motifs is 5. The maximum atomic E-state index is 12.7. The topological polar surface area (TPSA) is 34.1 Å². The summed E-state index contributed by atoms with van der Waals surface area (Å²) in [7, 11) is 0. The van der Waals surface area contributed by atoms with Gasteiger partial charge >= 0.3 is 0 Å². The summed E-state index contributed by atoms with van der Waals surface area (Å²) < 4.78 is 0. The van der Waals surface area contributed by atoms with E-state index in [4.69, 9.17) is 0 Å². The molecule has 2 nitrogen and oxygen atoms in total. The van der Waals surface area contributed by atoms with Crippen LogP contribution in [-0.4, -0.2) is 11.6 Å². The van der Waals surface area contributed by atoms with E-state index in [0.717, 1.165) is 25.2 Å². The van der Waals surface area contributed by atoms with Crippen molar-refractivity contribution in [3.63, 3.8) is 0 Å². The van der Waals surface area contributed by atoms with Gasteiger partial charge in [-0.05, 0) is 86.0 Å². The molecule has 0 aromatic heterocycles. The van der Waals surface area contributed by atoms with Crippen LogP contribution in [0.25, 0.3) is 0 Å². The predicted molar refractivity (Wildman–Crippen MR) is 100 cm³/mol. The van der Waals surface area contributed by atoms with Crippen LogP contribution < -0.4 is 0 Å². The first kappa shape index (κ1) is 17.5. The molecule has 0 saturated heterocycles. The van der Waals surface area contributed by atoms with Crippen LogP contribution in [0.4, 0.5) is 0 Å². The van der Waals surface area contributed by atoms with Gasteiger partial charge in [0.25, 0.3) is 0 Å². The summed E-state index contributed by atoms with van der Waals surface area (Å²) in [6, 6.07) is 0. The first-order chi connectivity index (χ1) is 11.6. The Morgan fingerprint density at radius 1 is 1.08 bits per heavy atom. The number of carbonyl (C=O) groups excluding carboxylic acids is 2. The molecule has 4 rings (SSSR count). The molecule has 25 heavy (non-hydrogen) atoms. The lowest BCUT2D eigenvalue weighted by Crippen LogP contribution is -2.53. The van der Waals surface area contributed by atoms with Crippen molar-refractivity contribution in [1.29, 1.82) is 0 Å². The number of hydrogen-bond donors (Lipinski definition) is 0. The average molecular weight is 343 g/mol. The Hall–Kier alpha value is -0.920. The molecule has 0 aliphatic heterocycles. The Balaban J connectivity index is 1.72. The third kappa shape index (κ3) is 2.03. The minimum absolute atomic E-state index is 0.154. The summed E-state index contributed by atoms with van der Waals surface area (Å²) in [6.07, 6.45) is 9.70. The van der Waals surface area contributed by atoms with Gasteiger partial charge in [0.05, 0.1) is 0 Å². The molecule has 0 radical (unpaired) electrons. The zero-order valence-corrected chi connectivity index (χ0v) is 16.7. The van der Waals surface area contributed by atoms with Crippen molar-refractivity contribution in [3.05, 3.63) is 11.6 Å². The lowest BCUT2D eigenvalue weighted by atomic mass is 9.45. The van der Waals surface area contributed by atoms with E-state index in [0.29, 0.717) is 29.3 Å². The van der Waals surface area contributed by atoms with Crippen LogP contribution in [0, 0.1) is 39.9 Å². The Kier molecular flexibility index (Phi) is 3.71. The Morgan fingerprint density at radius 2 is 1.80 bits per heavy atom. The molecule has 2 heteroatoms. The molecule has 0 aromatic carbocycles. The van der Waals surface area contributed by atoms with Crippen molar-refractivity contribution in [2.75, 3.05) is 0 Å². The Morgan fingerprint density at radius 3 is 2.48 bits per heavy atom. The maximum absolute atomic E-state index is 12.7. The van der Waals surface area contributed by atoms with E-state index >= 15 is 0 Å². The van der Waals surface area contributed by atoms with Crippen molar-refractivity contribution >= 4 is 11.6 Å². The molecule has 0 heterocycles. The minimum atomic E-state index is -0.164. The molecular weight excluding hydrogens is 308 g/mol. The van der Waals surface area contributed by atoms with E-state index in [1.54, 1.807) is 0 Å². The maximum Gasteiger partial charge on any atom is 0.155 e. The van der Waals surface area contributed by atoms with Crippen molar-refractivity contribution < 1.29 is 9.59 Å². The van der Waals surface area contributed by atoms with E-state index in [1.807, 2.05) is 13.0 Å². The molecule has 4 aliphatic carbocycles. The van der Waals surface area contributed by atoms with Crippen LogP contribution in [0.3, 0.4) is 0 Å². The summed E-state index contributed by atoms with van der Waals surface area (Å²) in [4.78, 5) is 24.6.